The molecule has 1 amide bonds. The summed E-state index contributed by atoms with van der Waals surface area (Å²) in [5.74, 6) is 0.516. The monoisotopic (exact) mass is 355 g/mol. The van der Waals surface area contributed by atoms with Crippen molar-refractivity contribution in [3.05, 3.63) is 69.8 Å². The highest BCUT2D eigenvalue weighted by atomic mass is 16.6. The molecule has 0 radical (unpaired) electrons. The van der Waals surface area contributed by atoms with Crippen LogP contribution in [-0.2, 0) is 0 Å². The Hall–Kier alpha value is -3.68. The molecule has 2 aromatic rings. The fourth-order valence-corrected chi connectivity index (χ4v) is 2.08. The average molecular weight is 355 g/mol. The van der Waals surface area contributed by atoms with Crippen LogP contribution in [0.4, 0.5) is 5.69 Å². The highest BCUT2D eigenvalue weighted by Gasteiger charge is 2.09. The van der Waals surface area contributed by atoms with E-state index in [2.05, 4.69) is 10.5 Å². The normalized spacial score (nSPS) is 10.8. The molecule has 0 spiro atoms. The minimum absolute atomic E-state index is 0.00957. The SMILES string of the molecule is COc1cc(OC)cc(C(=O)N/N=C/C=C/c2ccccc2[N+](=O)[O-])c1. The number of para-hydroxylation sites is 1. The maximum absolute atomic E-state index is 12.1. The van der Waals surface area contributed by atoms with Gasteiger partial charge in [-0.15, -0.1) is 0 Å². The number of nitrogens with zero attached hydrogens (tertiary/aromatic N) is 2. The van der Waals surface area contributed by atoms with Crippen molar-refractivity contribution in [1.29, 1.82) is 0 Å². The third-order valence-corrected chi connectivity index (χ3v) is 3.35. The van der Waals surface area contributed by atoms with Crippen molar-refractivity contribution in [2.45, 2.75) is 0 Å². The van der Waals surface area contributed by atoms with Gasteiger partial charge in [0.1, 0.15) is 11.5 Å². The van der Waals surface area contributed by atoms with E-state index in [0.29, 0.717) is 22.6 Å². The number of methoxy groups -OCH3 is 2. The number of amides is 1. The Balaban J connectivity index is 2.03. The minimum Gasteiger partial charge on any atom is -0.497 e. The van der Waals surface area contributed by atoms with Gasteiger partial charge in [0.25, 0.3) is 11.6 Å². The molecule has 0 bridgehead atoms. The number of allylic oxidation sites excluding steroid dienone is 1. The lowest BCUT2D eigenvalue weighted by atomic mass is 10.1. The van der Waals surface area contributed by atoms with E-state index >= 15 is 0 Å². The van der Waals surface area contributed by atoms with Gasteiger partial charge in [-0.05, 0) is 30.4 Å². The summed E-state index contributed by atoms with van der Waals surface area (Å²) in [6, 6.07) is 11.1. The Morgan fingerprint density at radius 3 is 2.42 bits per heavy atom. The highest BCUT2D eigenvalue weighted by Crippen LogP contribution is 2.22. The fourth-order valence-electron chi connectivity index (χ4n) is 2.08. The molecule has 0 aliphatic carbocycles. The zero-order valence-corrected chi connectivity index (χ0v) is 14.2. The first-order valence-electron chi connectivity index (χ1n) is 7.51. The number of hydrazone groups is 1. The van der Waals surface area contributed by atoms with Crippen LogP contribution >= 0.6 is 0 Å². The van der Waals surface area contributed by atoms with Crippen LogP contribution in [0.25, 0.3) is 6.08 Å². The van der Waals surface area contributed by atoms with Gasteiger partial charge in [-0.3, -0.25) is 14.9 Å². The molecule has 0 aliphatic rings. The smallest absolute Gasteiger partial charge is 0.276 e. The zero-order chi connectivity index (χ0) is 18.9. The molecule has 134 valence electrons. The summed E-state index contributed by atoms with van der Waals surface area (Å²) in [5, 5.41) is 14.7. The van der Waals surface area contributed by atoms with Crippen molar-refractivity contribution in [1.82, 2.24) is 5.43 Å². The molecule has 0 saturated heterocycles. The number of ether oxygens (including phenoxy) is 2. The number of rotatable bonds is 7. The largest absolute Gasteiger partial charge is 0.497 e. The van der Waals surface area contributed by atoms with Gasteiger partial charge < -0.3 is 9.47 Å². The lowest BCUT2D eigenvalue weighted by molar-refractivity contribution is -0.385. The van der Waals surface area contributed by atoms with E-state index in [0.717, 1.165) is 0 Å². The molecule has 0 saturated carbocycles. The van der Waals surface area contributed by atoms with E-state index < -0.39 is 10.8 Å². The van der Waals surface area contributed by atoms with Crippen LogP contribution in [0.1, 0.15) is 15.9 Å². The highest BCUT2D eigenvalue weighted by molar-refractivity contribution is 5.95. The second-order valence-corrected chi connectivity index (χ2v) is 5.00. The van der Waals surface area contributed by atoms with Crippen LogP contribution in [0.5, 0.6) is 11.5 Å². The lowest BCUT2D eigenvalue weighted by Gasteiger charge is -2.07. The van der Waals surface area contributed by atoms with Gasteiger partial charge in [0.05, 0.1) is 24.7 Å². The Morgan fingerprint density at radius 1 is 1.15 bits per heavy atom. The second kappa shape index (κ2) is 8.97. The molecule has 2 aromatic carbocycles. The molecule has 1 N–H and O–H groups in total. The summed E-state index contributed by atoms with van der Waals surface area (Å²) in [7, 11) is 2.98. The van der Waals surface area contributed by atoms with Crippen molar-refractivity contribution in [3.8, 4) is 11.5 Å². The molecule has 0 aromatic heterocycles. The molecule has 2 rings (SSSR count). The number of carbonyl (C=O) groups excluding carboxylic acids is 1. The van der Waals surface area contributed by atoms with Gasteiger partial charge in [-0.2, -0.15) is 5.10 Å². The lowest BCUT2D eigenvalue weighted by Crippen LogP contribution is -2.17. The molecule has 0 heterocycles. The van der Waals surface area contributed by atoms with Crippen LogP contribution in [0.2, 0.25) is 0 Å². The van der Waals surface area contributed by atoms with Gasteiger partial charge >= 0.3 is 0 Å². The van der Waals surface area contributed by atoms with Gasteiger partial charge in [-0.1, -0.05) is 12.1 Å². The number of nitro benzene ring substituents is 1. The molecule has 0 unspecified atom stereocenters. The van der Waals surface area contributed by atoms with E-state index in [1.807, 2.05) is 0 Å². The quantitative estimate of drug-likeness (QED) is 0.467. The topological polar surface area (TPSA) is 103 Å². The van der Waals surface area contributed by atoms with Crippen LogP contribution in [0.3, 0.4) is 0 Å². The summed E-state index contributed by atoms with van der Waals surface area (Å²) < 4.78 is 10.2. The van der Waals surface area contributed by atoms with Crippen molar-refractivity contribution in [3.63, 3.8) is 0 Å². The number of hydrogen-bond acceptors (Lipinski definition) is 6. The molecular weight excluding hydrogens is 338 g/mol. The van der Waals surface area contributed by atoms with E-state index in [1.165, 1.54) is 38.7 Å². The molecule has 0 atom stereocenters. The molecule has 0 fully saturated rings. The third kappa shape index (κ3) is 4.91. The average Bonchev–Trinajstić information content (AvgIpc) is 2.67. The third-order valence-electron chi connectivity index (χ3n) is 3.35. The van der Waals surface area contributed by atoms with Crippen molar-refractivity contribution in [2.24, 2.45) is 5.10 Å². The zero-order valence-electron chi connectivity index (χ0n) is 14.2. The van der Waals surface area contributed by atoms with Crippen molar-refractivity contribution in [2.75, 3.05) is 14.2 Å². The molecule has 8 nitrogen and oxygen atoms in total. The summed E-state index contributed by atoms with van der Waals surface area (Å²) in [4.78, 5) is 22.6. The Morgan fingerprint density at radius 2 is 1.81 bits per heavy atom. The molecule has 8 heteroatoms. The van der Waals surface area contributed by atoms with Crippen LogP contribution < -0.4 is 14.9 Å². The standard InChI is InChI=1S/C18H17N3O5/c1-25-15-10-14(11-16(12-15)26-2)18(22)20-19-9-5-7-13-6-3-4-8-17(13)21(23)24/h3-12H,1-2H3,(H,20,22)/b7-5+,19-9+. The number of nitrogens with one attached hydrogen (secondary N) is 1. The maximum atomic E-state index is 12.1. The van der Waals surface area contributed by atoms with Crippen molar-refractivity contribution < 1.29 is 19.2 Å². The van der Waals surface area contributed by atoms with E-state index in [4.69, 9.17) is 9.47 Å². The molecule has 0 aliphatic heterocycles. The summed E-state index contributed by atoms with van der Waals surface area (Å²) in [6.07, 6.45) is 4.35. The Bertz CT molecular complexity index is 839. The molecular formula is C18H17N3O5. The predicted octanol–water partition coefficient (Wildman–Crippen LogP) is 3.04. The van der Waals surface area contributed by atoms with Gasteiger partial charge in [0.15, 0.2) is 0 Å². The van der Waals surface area contributed by atoms with Crippen LogP contribution in [0.15, 0.2) is 53.6 Å². The van der Waals surface area contributed by atoms with Gasteiger partial charge in [-0.25, -0.2) is 5.43 Å². The molecule has 26 heavy (non-hydrogen) atoms. The number of carbonyl (C=O) groups is 1. The van der Waals surface area contributed by atoms with E-state index in [1.54, 1.807) is 36.4 Å². The van der Waals surface area contributed by atoms with Crippen LogP contribution in [0, 0.1) is 10.1 Å². The second-order valence-electron chi connectivity index (χ2n) is 5.00. The summed E-state index contributed by atoms with van der Waals surface area (Å²) >= 11 is 0. The summed E-state index contributed by atoms with van der Waals surface area (Å²) in [6.45, 7) is 0. The fraction of sp³-hybridized carbons (Fsp3) is 0.111. The first-order valence-corrected chi connectivity index (χ1v) is 7.51. The van der Waals surface area contributed by atoms with E-state index in [-0.39, 0.29) is 5.69 Å². The van der Waals surface area contributed by atoms with Crippen molar-refractivity contribution >= 4 is 23.9 Å². The summed E-state index contributed by atoms with van der Waals surface area (Å²) in [5.41, 5.74) is 3.11. The van der Waals surface area contributed by atoms with Gasteiger partial charge in [0, 0.05) is 23.9 Å². The number of hydrogen-bond donors (Lipinski definition) is 1. The van der Waals surface area contributed by atoms with E-state index in [9.17, 15) is 14.9 Å². The van der Waals surface area contributed by atoms with Crippen LogP contribution in [-0.4, -0.2) is 31.3 Å². The number of benzene rings is 2. The maximum Gasteiger partial charge on any atom is 0.276 e. The Kier molecular flexibility index (Phi) is 6.44. The first-order chi connectivity index (χ1) is 12.5. The first kappa shape index (κ1) is 18.7. The predicted molar refractivity (Wildman–Crippen MR) is 97.6 cm³/mol. The number of nitro groups is 1. The van der Waals surface area contributed by atoms with Gasteiger partial charge in [0.2, 0.25) is 0 Å². The minimum atomic E-state index is -0.464. The Labute approximate surface area is 149 Å².